The van der Waals surface area contributed by atoms with E-state index in [1.807, 2.05) is 6.92 Å². The number of anilines is 1. The molecule has 0 radical (unpaired) electrons. The molecule has 7 nitrogen and oxygen atoms in total. The Morgan fingerprint density at radius 3 is 2.29 bits per heavy atom. The lowest BCUT2D eigenvalue weighted by molar-refractivity contribution is -0.140. The normalized spacial score (nSPS) is 12.1. The van der Waals surface area contributed by atoms with Crippen molar-refractivity contribution in [1.29, 1.82) is 0 Å². The molecule has 0 fully saturated rings. The minimum atomic E-state index is -3.76. The van der Waals surface area contributed by atoms with Crippen LogP contribution in [0.15, 0.2) is 48.5 Å². The maximum absolute atomic E-state index is 13.6. The summed E-state index contributed by atoms with van der Waals surface area (Å²) in [5.41, 5.74) is 0.966. The molecule has 10 heteroatoms. The number of nitrogens with zero attached hydrogens (tertiary/aromatic N) is 2. The summed E-state index contributed by atoms with van der Waals surface area (Å²) in [4.78, 5) is 27.9. The smallest absolute Gasteiger partial charge is 0.244 e. The molecule has 0 aliphatic carbocycles. The number of halogens is 2. The summed E-state index contributed by atoms with van der Waals surface area (Å²) in [6.45, 7) is 3.90. The van der Waals surface area contributed by atoms with E-state index in [4.69, 9.17) is 23.2 Å². The van der Waals surface area contributed by atoms with Gasteiger partial charge in [-0.3, -0.25) is 13.9 Å². The second-order valence-electron chi connectivity index (χ2n) is 7.93. The molecule has 34 heavy (non-hydrogen) atoms. The number of rotatable bonds is 12. The fourth-order valence-electron chi connectivity index (χ4n) is 3.47. The molecule has 186 valence electrons. The molecular weight excluding hydrogens is 497 g/mol. The highest BCUT2D eigenvalue weighted by atomic mass is 35.5. The number of nitrogens with one attached hydrogen (secondary N) is 1. The van der Waals surface area contributed by atoms with Gasteiger partial charge in [0.2, 0.25) is 21.8 Å². The first-order chi connectivity index (χ1) is 16.1. The molecule has 0 aliphatic rings. The molecule has 2 amide bonds. The van der Waals surface area contributed by atoms with E-state index in [-0.39, 0.29) is 12.5 Å². The molecule has 0 heterocycles. The van der Waals surface area contributed by atoms with Crippen LogP contribution < -0.4 is 9.62 Å². The number of sulfonamides is 1. The zero-order valence-electron chi connectivity index (χ0n) is 19.6. The van der Waals surface area contributed by atoms with E-state index in [9.17, 15) is 18.0 Å². The maximum atomic E-state index is 13.6. The number of hydrogen-bond donors (Lipinski definition) is 1. The molecule has 1 atom stereocenters. The van der Waals surface area contributed by atoms with Crippen LogP contribution in [-0.2, 0) is 26.2 Å². The van der Waals surface area contributed by atoms with Crippen LogP contribution in [-0.4, -0.2) is 50.5 Å². The summed E-state index contributed by atoms with van der Waals surface area (Å²) in [5.74, 6) is -0.808. The van der Waals surface area contributed by atoms with Crippen LogP contribution in [0.5, 0.6) is 0 Å². The fourth-order valence-corrected chi connectivity index (χ4v) is 4.78. The minimum Gasteiger partial charge on any atom is -0.354 e. The number of hydrogen-bond acceptors (Lipinski definition) is 4. The number of para-hydroxylation sites is 1. The summed E-state index contributed by atoms with van der Waals surface area (Å²) in [6, 6.07) is 12.5. The lowest BCUT2D eigenvalue weighted by Gasteiger charge is -2.33. The van der Waals surface area contributed by atoms with E-state index in [0.717, 1.165) is 23.4 Å². The van der Waals surface area contributed by atoms with E-state index < -0.39 is 28.5 Å². The van der Waals surface area contributed by atoms with Gasteiger partial charge in [-0.25, -0.2) is 8.42 Å². The molecule has 2 aromatic carbocycles. The molecule has 0 aromatic heterocycles. The largest absolute Gasteiger partial charge is 0.354 e. The lowest BCUT2D eigenvalue weighted by Crippen LogP contribution is -2.52. The molecule has 1 N–H and O–H groups in total. The van der Waals surface area contributed by atoms with Crippen LogP contribution in [0.25, 0.3) is 0 Å². The van der Waals surface area contributed by atoms with Gasteiger partial charge < -0.3 is 10.2 Å². The highest BCUT2D eigenvalue weighted by molar-refractivity contribution is 7.92. The van der Waals surface area contributed by atoms with Gasteiger partial charge in [0.25, 0.3) is 0 Å². The van der Waals surface area contributed by atoms with E-state index >= 15 is 0 Å². The molecule has 0 aliphatic heterocycles. The van der Waals surface area contributed by atoms with Gasteiger partial charge in [0.05, 0.1) is 11.9 Å². The number of unbranched alkanes of at least 4 members (excludes halogenated alkanes) is 1. The van der Waals surface area contributed by atoms with Gasteiger partial charge >= 0.3 is 0 Å². The number of benzene rings is 2. The predicted molar refractivity (Wildman–Crippen MR) is 138 cm³/mol. The van der Waals surface area contributed by atoms with Gasteiger partial charge in [-0.05, 0) is 42.7 Å². The molecule has 0 spiro atoms. The quantitative estimate of drug-likeness (QED) is 0.412. The first-order valence-electron chi connectivity index (χ1n) is 11.1. The van der Waals surface area contributed by atoms with Gasteiger partial charge in [-0.1, -0.05) is 67.7 Å². The molecule has 2 rings (SSSR count). The third kappa shape index (κ3) is 7.89. The SMILES string of the molecule is CCCCNC(=O)C(CC)N(Cc1ccc(Cl)cc1Cl)C(=O)CN(c1ccccc1)S(C)(=O)=O. The second kappa shape index (κ2) is 13.0. The van der Waals surface area contributed by atoms with Crippen molar-refractivity contribution in [3.05, 3.63) is 64.1 Å². The average molecular weight is 529 g/mol. The second-order valence-corrected chi connectivity index (χ2v) is 10.7. The first kappa shape index (κ1) is 28.0. The summed E-state index contributed by atoms with van der Waals surface area (Å²) in [6.07, 6.45) is 3.12. The Morgan fingerprint density at radius 2 is 1.74 bits per heavy atom. The summed E-state index contributed by atoms with van der Waals surface area (Å²) in [7, 11) is -3.76. The Kier molecular flexibility index (Phi) is 10.7. The van der Waals surface area contributed by atoms with Crippen molar-refractivity contribution in [2.75, 3.05) is 23.7 Å². The number of carbonyl (C=O) groups excluding carboxylic acids is 2. The monoisotopic (exact) mass is 527 g/mol. The molecule has 2 aromatic rings. The van der Waals surface area contributed by atoms with Crippen molar-refractivity contribution >= 4 is 50.7 Å². The van der Waals surface area contributed by atoms with Gasteiger partial charge in [0.1, 0.15) is 12.6 Å². The Labute approximate surface area is 212 Å². The fraction of sp³-hybridized carbons (Fsp3) is 0.417. The van der Waals surface area contributed by atoms with Gasteiger partial charge in [0, 0.05) is 23.1 Å². The molecule has 0 saturated carbocycles. The van der Waals surface area contributed by atoms with Crippen molar-refractivity contribution in [3.63, 3.8) is 0 Å². The predicted octanol–water partition coefficient (Wildman–Crippen LogP) is 4.48. The highest BCUT2D eigenvalue weighted by Gasteiger charge is 2.32. The molecule has 0 saturated heterocycles. The minimum absolute atomic E-state index is 0.0287. The summed E-state index contributed by atoms with van der Waals surface area (Å²) < 4.78 is 26.1. The lowest BCUT2D eigenvalue weighted by atomic mass is 10.1. The Bertz CT molecular complexity index is 1080. The van der Waals surface area contributed by atoms with Gasteiger partial charge in [0.15, 0.2) is 0 Å². The molecule has 1 unspecified atom stereocenters. The van der Waals surface area contributed by atoms with Gasteiger partial charge in [-0.15, -0.1) is 0 Å². The number of amides is 2. The molecule has 0 bridgehead atoms. The Balaban J connectivity index is 2.41. The van der Waals surface area contributed by atoms with E-state index in [2.05, 4.69) is 5.32 Å². The third-order valence-corrected chi connectivity index (χ3v) is 7.02. The third-order valence-electron chi connectivity index (χ3n) is 5.29. The maximum Gasteiger partial charge on any atom is 0.244 e. The Hall–Kier alpha value is -2.29. The van der Waals surface area contributed by atoms with Crippen LogP contribution in [0.4, 0.5) is 5.69 Å². The van der Waals surface area contributed by atoms with Crippen LogP contribution in [0, 0.1) is 0 Å². The topological polar surface area (TPSA) is 86.8 Å². The standard InChI is InChI=1S/C24H31Cl2N3O4S/c1-4-6-14-27-24(31)22(5-2)28(16-18-12-13-19(25)15-21(18)26)23(30)17-29(34(3,32)33)20-10-8-7-9-11-20/h7-13,15,22H,4-6,14,16-17H2,1-3H3,(H,27,31). The van der Waals surface area contributed by atoms with Crippen molar-refractivity contribution in [1.82, 2.24) is 10.2 Å². The van der Waals surface area contributed by atoms with E-state index in [0.29, 0.717) is 34.3 Å². The van der Waals surface area contributed by atoms with Gasteiger partial charge in [-0.2, -0.15) is 0 Å². The van der Waals surface area contributed by atoms with Crippen LogP contribution >= 0.6 is 23.2 Å². The average Bonchev–Trinajstić information content (AvgIpc) is 2.78. The van der Waals surface area contributed by atoms with Crippen molar-refractivity contribution in [2.45, 2.75) is 45.7 Å². The van der Waals surface area contributed by atoms with Crippen molar-refractivity contribution in [2.24, 2.45) is 0 Å². The van der Waals surface area contributed by atoms with Crippen LogP contribution in [0.2, 0.25) is 10.0 Å². The highest BCUT2D eigenvalue weighted by Crippen LogP contribution is 2.24. The van der Waals surface area contributed by atoms with Crippen molar-refractivity contribution in [3.8, 4) is 0 Å². The number of carbonyl (C=O) groups is 2. The zero-order chi connectivity index (χ0) is 25.3. The zero-order valence-corrected chi connectivity index (χ0v) is 22.0. The summed E-state index contributed by atoms with van der Waals surface area (Å²) >= 11 is 12.4. The van der Waals surface area contributed by atoms with E-state index in [1.54, 1.807) is 55.5 Å². The summed E-state index contributed by atoms with van der Waals surface area (Å²) in [5, 5.41) is 3.68. The van der Waals surface area contributed by atoms with Crippen molar-refractivity contribution < 1.29 is 18.0 Å². The first-order valence-corrected chi connectivity index (χ1v) is 13.7. The van der Waals surface area contributed by atoms with Crippen LogP contribution in [0.3, 0.4) is 0 Å². The van der Waals surface area contributed by atoms with Crippen LogP contribution in [0.1, 0.15) is 38.7 Å². The Morgan fingerprint density at radius 1 is 1.06 bits per heavy atom. The molecular formula is C24H31Cl2N3O4S. The van der Waals surface area contributed by atoms with E-state index in [1.165, 1.54) is 4.90 Å².